The fourth-order valence-electron chi connectivity index (χ4n) is 5.30. The maximum absolute atomic E-state index is 13.2. The lowest BCUT2D eigenvalue weighted by atomic mass is 9.81. The number of likely N-dealkylation sites (tertiary alicyclic amines) is 2. The third kappa shape index (κ3) is 3.93. The number of rotatable bonds is 3. The van der Waals surface area contributed by atoms with Crippen molar-refractivity contribution < 1.29 is 9.59 Å². The first-order chi connectivity index (χ1) is 13.6. The van der Waals surface area contributed by atoms with Gasteiger partial charge in [-0.25, -0.2) is 0 Å². The minimum Gasteiger partial charge on any atom is -0.348 e. The highest BCUT2D eigenvalue weighted by Gasteiger charge is 2.50. The van der Waals surface area contributed by atoms with Gasteiger partial charge < -0.3 is 15.1 Å². The number of carbonyl (C=O) groups excluding carboxylic acids is 2. The van der Waals surface area contributed by atoms with E-state index in [1.807, 2.05) is 29.3 Å². The molecule has 2 amide bonds. The molecule has 0 aromatic carbocycles. The lowest BCUT2D eigenvalue weighted by Crippen LogP contribution is -2.53. The van der Waals surface area contributed by atoms with Crippen LogP contribution in [0.25, 0.3) is 0 Å². The Balaban J connectivity index is 1.55. The minimum absolute atomic E-state index is 0.0591. The first-order valence-electron chi connectivity index (χ1n) is 10.8. The maximum atomic E-state index is 13.2. The Bertz CT molecular complexity index is 710. The highest BCUT2D eigenvalue weighted by molar-refractivity contribution is 5.80. The molecule has 1 spiro atoms. The van der Waals surface area contributed by atoms with Crippen LogP contribution in [0.2, 0.25) is 0 Å². The highest BCUT2D eigenvalue weighted by atomic mass is 16.2. The van der Waals surface area contributed by atoms with Gasteiger partial charge in [0.05, 0.1) is 5.54 Å². The van der Waals surface area contributed by atoms with Crippen molar-refractivity contribution in [1.82, 2.24) is 20.1 Å². The van der Waals surface area contributed by atoms with E-state index in [-0.39, 0.29) is 23.3 Å². The van der Waals surface area contributed by atoms with Crippen molar-refractivity contribution in [3.8, 4) is 0 Å². The first kappa shape index (κ1) is 19.4. The summed E-state index contributed by atoms with van der Waals surface area (Å²) in [7, 11) is 2.13. The molecule has 1 N–H and O–H groups in total. The molecule has 3 fully saturated rings. The zero-order chi connectivity index (χ0) is 19.6. The van der Waals surface area contributed by atoms with Crippen LogP contribution in [0.5, 0.6) is 0 Å². The van der Waals surface area contributed by atoms with Crippen LogP contribution >= 0.6 is 0 Å². The summed E-state index contributed by atoms with van der Waals surface area (Å²) in [6.45, 7) is 2.33. The van der Waals surface area contributed by atoms with Crippen molar-refractivity contribution in [2.24, 2.45) is 0 Å². The van der Waals surface area contributed by atoms with Gasteiger partial charge in [0, 0.05) is 49.8 Å². The molecule has 152 valence electrons. The van der Waals surface area contributed by atoms with E-state index in [1.54, 1.807) is 0 Å². The Morgan fingerprint density at radius 1 is 1.29 bits per heavy atom. The minimum atomic E-state index is -0.379. The van der Waals surface area contributed by atoms with Crippen molar-refractivity contribution in [1.29, 1.82) is 0 Å². The molecule has 4 heterocycles. The van der Waals surface area contributed by atoms with Crippen LogP contribution in [-0.2, 0) is 9.59 Å². The summed E-state index contributed by atoms with van der Waals surface area (Å²) < 4.78 is 0. The van der Waals surface area contributed by atoms with E-state index in [0.29, 0.717) is 32.0 Å². The third-order valence-electron chi connectivity index (χ3n) is 6.94. The van der Waals surface area contributed by atoms with Crippen LogP contribution in [0.4, 0.5) is 0 Å². The number of hydrogen-bond acceptors (Lipinski definition) is 4. The van der Waals surface area contributed by atoms with Gasteiger partial charge in [0.25, 0.3) is 0 Å². The number of amides is 2. The van der Waals surface area contributed by atoms with Gasteiger partial charge >= 0.3 is 0 Å². The summed E-state index contributed by atoms with van der Waals surface area (Å²) in [5, 5.41) is 3.32. The van der Waals surface area contributed by atoms with E-state index in [1.165, 1.54) is 12.8 Å². The normalized spacial score (nSPS) is 31.6. The van der Waals surface area contributed by atoms with Crippen LogP contribution in [0.1, 0.15) is 63.0 Å². The van der Waals surface area contributed by atoms with E-state index in [4.69, 9.17) is 0 Å². The molecule has 1 aromatic heterocycles. The third-order valence-corrected chi connectivity index (χ3v) is 6.94. The Morgan fingerprint density at radius 2 is 2.18 bits per heavy atom. The molecule has 6 heteroatoms. The molecule has 28 heavy (non-hydrogen) atoms. The molecule has 0 bridgehead atoms. The second-order valence-corrected chi connectivity index (χ2v) is 8.83. The average Bonchev–Trinajstić information content (AvgIpc) is 2.96. The van der Waals surface area contributed by atoms with Crippen molar-refractivity contribution in [3.63, 3.8) is 0 Å². The molecular weight excluding hydrogens is 352 g/mol. The number of hydrogen-bond donors (Lipinski definition) is 1. The van der Waals surface area contributed by atoms with E-state index < -0.39 is 0 Å². The zero-order valence-electron chi connectivity index (χ0n) is 16.9. The molecule has 0 aliphatic carbocycles. The van der Waals surface area contributed by atoms with Gasteiger partial charge in [-0.15, -0.1) is 0 Å². The molecule has 3 aliphatic rings. The molecule has 0 radical (unpaired) electrons. The van der Waals surface area contributed by atoms with E-state index in [9.17, 15) is 9.59 Å². The predicted octanol–water partition coefficient (Wildman–Crippen LogP) is 2.31. The first-order valence-corrected chi connectivity index (χ1v) is 10.8. The molecule has 0 unspecified atom stereocenters. The van der Waals surface area contributed by atoms with E-state index >= 15 is 0 Å². The highest BCUT2D eigenvalue weighted by Crippen LogP contribution is 2.40. The molecular formula is C22H32N4O2. The number of piperidine rings is 1. The van der Waals surface area contributed by atoms with Crippen molar-refractivity contribution in [2.45, 2.75) is 68.9 Å². The van der Waals surface area contributed by atoms with Crippen LogP contribution in [0.3, 0.4) is 0 Å². The van der Waals surface area contributed by atoms with Gasteiger partial charge in [0.2, 0.25) is 11.8 Å². The molecule has 3 atom stereocenters. The Morgan fingerprint density at radius 3 is 2.96 bits per heavy atom. The second kappa shape index (κ2) is 8.19. The summed E-state index contributed by atoms with van der Waals surface area (Å²) >= 11 is 0. The van der Waals surface area contributed by atoms with Gasteiger partial charge in [-0.3, -0.25) is 14.6 Å². The smallest absolute Gasteiger partial charge is 0.224 e. The van der Waals surface area contributed by atoms with Gasteiger partial charge in [-0.05, 0) is 51.4 Å². The van der Waals surface area contributed by atoms with E-state index in [2.05, 4.69) is 22.2 Å². The fourth-order valence-corrected chi connectivity index (χ4v) is 5.30. The van der Waals surface area contributed by atoms with Crippen molar-refractivity contribution in [2.75, 3.05) is 26.7 Å². The molecule has 4 rings (SSSR count). The zero-order valence-corrected chi connectivity index (χ0v) is 16.9. The fraction of sp³-hybridized carbons (Fsp3) is 0.682. The summed E-state index contributed by atoms with van der Waals surface area (Å²) in [5.41, 5.74) is 0.602. The van der Waals surface area contributed by atoms with Crippen LogP contribution in [0.15, 0.2) is 24.4 Å². The molecule has 3 aliphatic heterocycles. The average molecular weight is 385 g/mol. The monoisotopic (exact) mass is 384 g/mol. The number of pyridine rings is 1. The van der Waals surface area contributed by atoms with Crippen molar-refractivity contribution in [3.05, 3.63) is 30.1 Å². The van der Waals surface area contributed by atoms with Gasteiger partial charge in [-0.2, -0.15) is 0 Å². The molecule has 1 aromatic rings. The Labute approximate surface area is 167 Å². The number of aromatic nitrogens is 1. The summed E-state index contributed by atoms with van der Waals surface area (Å²) in [5.74, 6) is 0.388. The van der Waals surface area contributed by atoms with E-state index in [0.717, 1.165) is 37.9 Å². The largest absolute Gasteiger partial charge is 0.348 e. The van der Waals surface area contributed by atoms with Gasteiger partial charge in [0.15, 0.2) is 0 Å². The Hall–Kier alpha value is -1.95. The Kier molecular flexibility index (Phi) is 5.67. The van der Waals surface area contributed by atoms with Crippen molar-refractivity contribution >= 4 is 11.8 Å². The summed E-state index contributed by atoms with van der Waals surface area (Å²) in [6.07, 6.45) is 9.34. The standard InChI is InChI=1S/C22H32N4O2/c1-25-13-7-4-8-17(25)14-21(28)26-15-18(19-9-3-6-12-23-19)22(16-26)11-5-2-10-20(27)24-22/h3,6,9,12,17-18H,2,4-5,7-8,10-11,13-16H2,1H3,(H,24,27)/t17-,18+,22-/m1/s1. The SMILES string of the molecule is CN1CCCC[C@@H]1CC(=O)N1C[C@@H](c2ccccn2)[C@@]2(CCCCC(=O)N2)C1. The summed E-state index contributed by atoms with van der Waals surface area (Å²) in [4.78, 5) is 34.5. The topological polar surface area (TPSA) is 65.5 Å². The number of nitrogens with one attached hydrogen (secondary N) is 1. The molecule has 6 nitrogen and oxygen atoms in total. The van der Waals surface area contributed by atoms with Crippen LogP contribution in [0, 0.1) is 0 Å². The molecule has 3 saturated heterocycles. The van der Waals surface area contributed by atoms with Gasteiger partial charge in [-0.1, -0.05) is 18.9 Å². The predicted molar refractivity (Wildman–Crippen MR) is 108 cm³/mol. The summed E-state index contributed by atoms with van der Waals surface area (Å²) in [6, 6.07) is 6.29. The number of carbonyl (C=O) groups is 2. The number of nitrogens with zero attached hydrogens (tertiary/aromatic N) is 3. The quantitative estimate of drug-likeness (QED) is 0.869. The molecule has 0 saturated carbocycles. The lowest BCUT2D eigenvalue weighted by Gasteiger charge is -2.34. The second-order valence-electron chi connectivity index (χ2n) is 8.83. The maximum Gasteiger partial charge on any atom is 0.224 e. The van der Waals surface area contributed by atoms with Gasteiger partial charge in [0.1, 0.15) is 0 Å². The van der Waals surface area contributed by atoms with Crippen LogP contribution < -0.4 is 5.32 Å². The van der Waals surface area contributed by atoms with Crippen LogP contribution in [-0.4, -0.2) is 64.9 Å². The lowest BCUT2D eigenvalue weighted by molar-refractivity contribution is -0.132.